The van der Waals surface area contributed by atoms with E-state index in [0.717, 1.165) is 22.6 Å². The summed E-state index contributed by atoms with van der Waals surface area (Å²) in [6.07, 6.45) is 0. The monoisotopic (exact) mass is 336 g/mol. The molecule has 0 aliphatic rings. The SMILES string of the molecule is Cc1c(C(=O)NC(C)C)cc(-c2ccc(F)cc2)n1-c1ccccc1. The quantitative estimate of drug-likeness (QED) is 0.734. The lowest BCUT2D eigenvalue weighted by molar-refractivity contribution is 0.0942. The second-order valence-electron chi connectivity index (χ2n) is 6.33. The highest BCUT2D eigenvalue weighted by Gasteiger charge is 2.20. The molecule has 0 aliphatic carbocycles. The van der Waals surface area contributed by atoms with Crippen LogP contribution in [0.3, 0.4) is 0 Å². The molecule has 0 bridgehead atoms. The zero-order chi connectivity index (χ0) is 18.0. The number of aromatic nitrogens is 1. The first-order valence-corrected chi connectivity index (χ1v) is 8.32. The molecule has 0 saturated heterocycles. The van der Waals surface area contributed by atoms with Gasteiger partial charge in [0, 0.05) is 17.4 Å². The minimum absolute atomic E-state index is 0.0567. The number of para-hydroxylation sites is 1. The van der Waals surface area contributed by atoms with Gasteiger partial charge in [-0.25, -0.2) is 4.39 Å². The minimum atomic E-state index is -0.281. The van der Waals surface area contributed by atoms with Gasteiger partial charge in [-0.2, -0.15) is 0 Å². The van der Waals surface area contributed by atoms with Crippen LogP contribution in [0.25, 0.3) is 16.9 Å². The van der Waals surface area contributed by atoms with Crippen molar-refractivity contribution in [3.05, 3.63) is 77.7 Å². The molecule has 128 valence electrons. The number of amides is 1. The molecule has 0 unspecified atom stereocenters. The van der Waals surface area contributed by atoms with Crippen LogP contribution in [0, 0.1) is 12.7 Å². The second-order valence-corrected chi connectivity index (χ2v) is 6.33. The minimum Gasteiger partial charge on any atom is -0.350 e. The van der Waals surface area contributed by atoms with Gasteiger partial charge < -0.3 is 9.88 Å². The number of carbonyl (C=O) groups excluding carboxylic acids is 1. The van der Waals surface area contributed by atoms with E-state index < -0.39 is 0 Å². The molecule has 0 radical (unpaired) electrons. The van der Waals surface area contributed by atoms with Crippen LogP contribution in [0.4, 0.5) is 4.39 Å². The van der Waals surface area contributed by atoms with Crippen LogP contribution < -0.4 is 5.32 Å². The number of rotatable bonds is 4. The van der Waals surface area contributed by atoms with Crippen LogP contribution in [0.15, 0.2) is 60.7 Å². The standard InChI is InChI=1S/C21H21FN2O/c1-14(2)23-21(25)19-13-20(16-9-11-17(22)12-10-16)24(15(19)3)18-7-5-4-6-8-18/h4-14H,1-3H3,(H,23,25). The number of hydrogen-bond acceptors (Lipinski definition) is 1. The zero-order valence-electron chi connectivity index (χ0n) is 14.6. The van der Waals surface area contributed by atoms with Gasteiger partial charge in [-0.1, -0.05) is 18.2 Å². The van der Waals surface area contributed by atoms with Crippen LogP contribution in [-0.4, -0.2) is 16.5 Å². The third-order valence-corrected chi connectivity index (χ3v) is 4.07. The van der Waals surface area contributed by atoms with Gasteiger partial charge >= 0.3 is 0 Å². The molecule has 1 heterocycles. The number of benzene rings is 2. The molecule has 0 saturated carbocycles. The van der Waals surface area contributed by atoms with Crippen LogP contribution in [-0.2, 0) is 0 Å². The number of nitrogens with one attached hydrogen (secondary N) is 1. The van der Waals surface area contributed by atoms with Gasteiger partial charge in [0.25, 0.3) is 5.91 Å². The van der Waals surface area contributed by atoms with Crippen molar-refractivity contribution >= 4 is 5.91 Å². The number of carbonyl (C=O) groups is 1. The van der Waals surface area contributed by atoms with Crippen LogP contribution in [0.2, 0.25) is 0 Å². The molecule has 3 nitrogen and oxygen atoms in total. The molecule has 0 spiro atoms. The van der Waals surface area contributed by atoms with E-state index in [1.165, 1.54) is 12.1 Å². The highest BCUT2D eigenvalue weighted by Crippen LogP contribution is 2.29. The summed E-state index contributed by atoms with van der Waals surface area (Å²) >= 11 is 0. The summed E-state index contributed by atoms with van der Waals surface area (Å²) in [6.45, 7) is 5.79. The van der Waals surface area contributed by atoms with Gasteiger partial charge in [0.05, 0.1) is 11.3 Å². The fourth-order valence-corrected chi connectivity index (χ4v) is 2.92. The van der Waals surface area contributed by atoms with Crippen molar-refractivity contribution in [3.8, 4) is 16.9 Å². The average molecular weight is 336 g/mol. The molecule has 3 rings (SSSR count). The smallest absolute Gasteiger partial charge is 0.253 e. The lowest BCUT2D eigenvalue weighted by Gasteiger charge is -2.12. The van der Waals surface area contributed by atoms with Crippen molar-refractivity contribution in [2.45, 2.75) is 26.8 Å². The lowest BCUT2D eigenvalue weighted by Crippen LogP contribution is -2.30. The Labute approximate surface area is 147 Å². The molecule has 3 aromatic rings. The van der Waals surface area contributed by atoms with Crippen LogP contribution >= 0.6 is 0 Å². The van der Waals surface area contributed by atoms with Gasteiger partial charge in [0.15, 0.2) is 0 Å². The third-order valence-electron chi connectivity index (χ3n) is 4.07. The summed E-state index contributed by atoms with van der Waals surface area (Å²) in [6, 6.07) is 18.1. The highest BCUT2D eigenvalue weighted by molar-refractivity contribution is 5.97. The van der Waals surface area contributed by atoms with E-state index in [1.54, 1.807) is 12.1 Å². The summed E-state index contributed by atoms with van der Waals surface area (Å²) in [7, 11) is 0. The first kappa shape index (κ1) is 17.0. The zero-order valence-corrected chi connectivity index (χ0v) is 14.6. The Kier molecular flexibility index (Phi) is 4.70. The maximum absolute atomic E-state index is 13.3. The average Bonchev–Trinajstić information content (AvgIpc) is 2.93. The van der Waals surface area contributed by atoms with Crippen molar-refractivity contribution in [2.75, 3.05) is 0 Å². The van der Waals surface area contributed by atoms with E-state index in [4.69, 9.17) is 0 Å². The fraction of sp³-hybridized carbons (Fsp3) is 0.190. The normalized spacial score (nSPS) is 10.9. The summed E-state index contributed by atoms with van der Waals surface area (Å²) in [5.41, 5.74) is 4.15. The van der Waals surface area contributed by atoms with Gasteiger partial charge in [0.1, 0.15) is 5.82 Å². The van der Waals surface area contributed by atoms with E-state index in [9.17, 15) is 9.18 Å². The predicted molar refractivity (Wildman–Crippen MR) is 98.5 cm³/mol. The first-order valence-electron chi connectivity index (χ1n) is 8.32. The van der Waals surface area contributed by atoms with Gasteiger partial charge in [0.2, 0.25) is 0 Å². The van der Waals surface area contributed by atoms with E-state index in [0.29, 0.717) is 5.56 Å². The van der Waals surface area contributed by atoms with E-state index in [2.05, 4.69) is 5.32 Å². The summed E-state index contributed by atoms with van der Waals surface area (Å²) in [5, 5.41) is 2.94. The molecule has 0 aliphatic heterocycles. The summed E-state index contributed by atoms with van der Waals surface area (Å²) in [5.74, 6) is -0.387. The second kappa shape index (κ2) is 6.93. The molecule has 4 heteroatoms. The molecule has 1 N–H and O–H groups in total. The van der Waals surface area contributed by atoms with Gasteiger partial charge in [-0.05, 0) is 68.8 Å². The molecule has 1 amide bonds. The maximum Gasteiger partial charge on any atom is 0.253 e. The summed E-state index contributed by atoms with van der Waals surface area (Å²) < 4.78 is 15.3. The summed E-state index contributed by atoms with van der Waals surface area (Å²) in [4.78, 5) is 12.6. The molecule has 25 heavy (non-hydrogen) atoms. The Morgan fingerprint density at radius 3 is 2.28 bits per heavy atom. The maximum atomic E-state index is 13.3. The van der Waals surface area contributed by atoms with Crippen LogP contribution in [0.5, 0.6) is 0 Å². The van der Waals surface area contributed by atoms with Crippen molar-refractivity contribution in [2.24, 2.45) is 0 Å². The van der Waals surface area contributed by atoms with Crippen molar-refractivity contribution in [3.63, 3.8) is 0 Å². The van der Waals surface area contributed by atoms with E-state index >= 15 is 0 Å². The van der Waals surface area contributed by atoms with Crippen molar-refractivity contribution < 1.29 is 9.18 Å². The molecule has 0 atom stereocenters. The van der Waals surface area contributed by atoms with E-state index in [1.807, 2.05) is 61.7 Å². The van der Waals surface area contributed by atoms with Crippen molar-refractivity contribution in [1.29, 1.82) is 0 Å². The topological polar surface area (TPSA) is 34.0 Å². The van der Waals surface area contributed by atoms with E-state index in [-0.39, 0.29) is 17.8 Å². The fourth-order valence-electron chi connectivity index (χ4n) is 2.92. The number of halogens is 1. The number of hydrogen-bond donors (Lipinski definition) is 1. The molecule has 0 fully saturated rings. The molecular formula is C21H21FN2O. The van der Waals surface area contributed by atoms with Crippen molar-refractivity contribution in [1.82, 2.24) is 9.88 Å². The molecule has 2 aromatic carbocycles. The Bertz CT molecular complexity index is 880. The largest absolute Gasteiger partial charge is 0.350 e. The Morgan fingerprint density at radius 1 is 1.04 bits per heavy atom. The Hall–Kier alpha value is -2.88. The first-order chi connectivity index (χ1) is 12.0. The lowest BCUT2D eigenvalue weighted by atomic mass is 10.1. The molecule has 1 aromatic heterocycles. The predicted octanol–water partition coefficient (Wildman–Crippen LogP) is 4.73. The Balaban J connectivity index is 2.18. The number of nitrogens with zero attached hydrogens (tertiary/aromatic N) is 1. The molecular weight excluding hydrogens is 315 g/mol. The Morgan fingerprint density at radius 2 is 1.68 bits per heavy atom. The van der Waals surface area contributed by atoms with Gasteiger partial charge in [-0.3, -0.25) is 4.79 Å². The van der Waals surface area contributed by atoms with Crippen LogP contribution in [0.1, 0.15) is 29.9 Å². The van der Waals surface area contributed by atoms with Gasteiger partial charge in [-0.15, -0.1) is 0 Å². The third kappa shape index (κ3) is 3.48. The highest BCUT2D eigenvalue weighted by atomic mass is 19.1.